The average Bonchev–Trinajstić information content (AvgIpc) is 2.48. The van der Waals surface area contributed by atoms with Gasteiger partial charge in [0.1, 0.15) is 6.54 Å². The van der Waals surface area contributed by atoms with Crippen LogP contribution < -0.4 is 33.5 Å². The van der Waals surface area contributed by atoms with Crippen LogP contribution in [-0.4, -0.2) is 30.3 Å². The zero-order chi connectivity index (χ0) is 18.5. The van der Waals surface area contributed by atoms with Gasteiger partial charge in [-0.05, 0) is 36.0 Å². The molecule has 0 aromatic heterocycles. The number of ether oxygens (including phenoxy) is 2. The van der Waals surface area contributed by atoms with Crippen LogP contribution in [0.25, 0.3) is 0 Å². The van der Waals surface area contributed by atoms with Crippen molar-refractivity contribution < 1.29 is 42.7 Å². The average molecular weight is 473 g/mol. The lowest BCUT2D eigenvalue weighted by Gasteiger charge is -2.53. The first kappa shape index (κ1) is 21.5. The predicted octanol–water partition coefficient (Wildman–Crippen LogP) is 1.54. The molecule has 4 nitrogen and oxygen atoms in total. The van der Waals surface area contributed by atoms with Crippen molar-refractivity contribution in [2.24, 2.45) is 0 Å². The Hall–Kier alpha value is -0.820. The van der Waals surface area contributed by atoms with Gasteiger partial charge in [0.05, 0.1) is 19.7 Å². The van der Waals surface area contributed by atoms with Crippen molar-refractivity contribution in [3.63, 3.8) is 0 Å². The molecule has 2 aliphatic rings. The van der Waals surface area contributed by atoms with Gasteiger partial charge in [-0.25, -0.2) is 0 Å². The van der Waals surface area contributed by atoms with Gasteiger partial charge in [0.15, 0.2) is 11.5 Å². The number of quaternary nitrogens is 1. The van der Waals surface area contributed by atoms with Gasteiger partial charge in [-0.2, -0.15) is 0 Å². The third kappa shape index (κ3) is 3.88. The number of benzene rings is 1. The Labute approximate surface area is 174 Å². The number of fused-ring (bicyclic) bond motifs is 1. The maximum absolute atomic E-state index is 11.7. The number of halogens is 1. The van der Waals surface area contributed by atoms with Crippen LogP contribution in [-0.2, 0) is 16.8 Å². The fourth-order valence-corrected chi connectivity index (χ4v) is 4.25. The van der Waals surface area contributed by atoms with E-state index in [1.807, 2.05) is 6.07 Å². The molecule has 0 N–H and O–H groups in total. The summed E-state index contributed by atoms with van der Waals surface area (Å²) in [5.74, 6) is 1.07. The second-order valence-electron chi connectivity index (χ2n) is 9.26. The Morgan fingerprint density at radius 2 is 1.77 bits per heavy atom. The van der Waals surface area contributed by atoms with E-state index in [1.54, 1.807) is 0 Å². The van der Waals surface area contributed by atoms with E-state index in [4.69, 9.17) is 9.47 Å². The monoisotopic (exact) mass is 473 g/mol. The quantitative estimate of drug-likeness (QED) is 0.269. The topological polar surface area (TPSA) is 35.5 Å². The van der Waals surface area contributed by atoms with Gasteiger partial charge < -0.3 is 33.5 Å². The standard InChI is InChI=1S/C21H32NO3.HI/c1-15(23)24-18-13-17(20(2,3)4)12-16-14-22(5,6)21(25-19(16)18)10-8-7-9-11-21;/h12-13H,7-11,14H2,1-6H3;1H/q+1;/p-1. The minimum atomic E-state index is -0.297. The first-order valence-electron chi connectivity index (χ1n) is 9.42. The molecule has 1 aliphatic heterocycles. The summed E-state index contributed by atoms with van der Waals surface area (Å²) in [6.07, 6.45) is 5.78. The van der Waals surface area contributed by atoms with Crippen molar-refractivity contribution >= 4 is 5.97 Å². The summed E-state index contributed by atoms with van der Waals surface area (Å²) < 4.78 is 13.1. The number of carbonyl (C=O) groups is 1. The van der Waals surface area contributed by atoms with E-state index in [1.165, 1.54) is 31.7 Å². The van der Waals surface area contributed by atoms with Crippen LogP contribution in [0.4, 0.5) is 0 Å². The van der Waals surface area contributed by atoms with Crippen LogP contribution in [0.3, 0.4) is 0 Å². The SMILES string of the molecule is CC(=O)Oc1cc(C(C)(C)C)cc2c1OC1(CCCCC1)[N+](C)(C)C2.[I-]. The molecular weight excluding hydrogens is 441 g/mol. The first-order valence-corrected chi connectivity index (χ1v) is 9.42. The van der Waals surface area contributed by atoms with E-state index in [9.17, 15) is 4.79 Å². The maximum atomic E-state index is 11.7. The van der Waals surface area contributed by atoms with Gasteiger partial charge in [-0.15, -0.1) is 0 Å². The van der Waals surface area contributed by atoms with Gasteiger partial charge in [-0.1, -0.05) is 27.2 Å². The van der Waals surface area contributed by atoms with Crippen LogP contribution in [0.15, 0.2) is 12.1 Å². The summed E-state index contributed by atoms with van der Waals surface area (Å²) in [5, 5.41) is 0. The molecule has 1 heterocycles. The van der Waals surface area contributed by atoms with E-state index in [0.29, 0.717) is 5.75 Å². The van der Waals surface area contributed by atoms with Crippen LogP contribution in [0.1, 0.15) is 70.9 Å². The summed E-state index contributed by atoms with van der Waals surface area (Å²) in [6.45, 7) is 8.89. The molecule has 1 spiro atoms. The minimum absolute atomic E-state index is 0. The van der Waals surface area contributed by atoms with Crippen molar-refractivity contribution in [1.29, 1.82) is 0 Å². The Balaban J connectivity index is 0.00000243. The fourth-order valence-electron chi connectivity index (χ4n) is 4.25. The fraction of sp³-hybridized carbons (Fsp3) is 0.667. The number of rotatable bonds is 1. The highest BCUT2D eigenvalue weighted by atomic mass is 127. The van der Waals surface area contributed by atoms with E-state index in [-0.39, 0.29) is 41.1 Å². The second-order valence-corrected chi connectivity index (χ2v) is 9.26. The minimum Gasteiger partial charge on any atom is -1.00 e. The molecule has 0 saturated heterocycles. The van der Waals surface area contributed by atoms with Crippen molar-refractivity contribution in [3.8, 4) is 11.5 Å². The Bertz CT molecular complexity index is 685. The molecule has 0 unspecified atom stereocenters. The molecule has 1 aromatic carbocycles. The summed E-state index contributed by atoms with van der Waals surface area (Å²) >= 11 is 0. The van der Waals surface area contributed by atoms with Crippen LogP contribution in [0.2, 0.25) is 0 Å². The molecule has 1 aromatic rings. The number of carbonyl (C=O) groups excluding carboxylic acids is 1. The summed E-state index contributed by atoms with van der Waals surface area (Å²) in [5.41, 5.74) is 2.10. The predicted molar refractivity (Wildman–Crippen MR) is 98.7 cm³/mol. The van der Waals surface area contributed by atoms with Crippen LogP contribution in [0.5, 0.6) is 11.5 Å². The lowest BCUT2D eigenvalue weighted by molar-refractivity contribution is -0.980. The Morgan fingerprint density at radius 1 is 1.15 bits per heavy atom. The van der Waals surface area contributed by atoms with Crippen LogP contribution in [0, 0.1) is 0 Å². The van der Waals surface area contributed by atoms with E-state index in [0.717, 1.165) is 35.2 Å². The highest BCUT2D eigenvalue weighted by molar-refractivity contribution is 5.71. The molecule has 0 amide bonds. The summed E-state index contributed by atoms with van der Waals surface area (Å²) in [7, 11) is 4.53. The van der Waals surface area contributed by atoms with E-state index in [2.05, 4.69) is 40.9 Å². The van der Waals surface area contributed by atoms with Gasteiger partial charge in [-0.3, -0.25) is 9.28 Å². The molecule has 0 bridgehead atoms. The van der Waals surface area contributed by atoms with Gasteiger partial charge in [0.2, 0.25) is 5.72 Å². The number of hydrogen-bond acceptors (Lipinski definition) is 3. The molecule has 1 fully saturated rings. The largest absolute Gasteiger partial charge is 1.00 e. The third-order valence-corrected chi connectivity index (χ3v) is 5.85. The second kappa shape index (κ2) is 7.30. The molecule has 1 aliphatic carbocycles. The number of hydrogen-bond donors (Lipinski definition) is 0. The highest BCUT2D eigenvalue weighted by Gasteiger charge is 2.52. The zero-order valence-electron chi connectivity index (χ0n) is 16.9. The molecule has 3 rings (SSSR count). The lowest BCUT2D eigenvalue weighted by atomic mass is 9.83. The molecule has 1 saturated carbocycles. The molecule has 0 radical (unpaired) electrons. The smallest absolute Gasteiger partial charge is 0.308 e. The van der Waals surface area contributed by atoms with Gasteiger partial charge in [0, 0.05) is 19.8 Å². The van der Waals surface area contributed by atoms with Crippen molar-refractivity contribution in [2.75, 3.05) is 14.1 Å². The van der Waals surface area contributed by atoms with Crippen molar-refractivity contribution in [2.45, 2.75) is 77.5 Å². The molecule has 5 heteroatoms. The highest BCUT2D eigenvalue weighted by Crippen LogP contribution is 2.49. The first-order chi connectivity index (χ1) is 11.5. The Morgan fingerprint density at radius 3 is 2.31 bits per heavy atom. The van der Waals surface area contributed by atoms with E-state index < -0.39 is 0 Å². The van der Waals surface area contributed by atoms with Crippen molar-refractivity contribution in [1.82, 2.24) is 0 Å². The summed E-state index contributed by atoms with van der Waals surface area (Å²) in [4.78, 5) is 11.7. The molecule has 26 heavy (non-hydrogen) atoms. The Kier molecular flexibility index (Phi) is 6.03. The van der Waals surface area contributed by atoms with Gasteiger partial charge in [0.25, 0.3) is 0 Å². The van der Waals surface area contributed by atoms with Gasteiger partial charge >= 0.3 is 5.97 Å². The number of esters is 1. The maximum Gasteiger partial charge on any atom is 0.308 e. The molecule has 146 valence electrons. The summed E-state index contributed by atoms with van der Waals surface area (Å²) in [6, 6.07) is 4.22. The third-order valence-electron chi connectivity index (χ3n) is 5.85. The lowest BCUT2D eigenvalue weighted by Crippen LogP contribution is -3.00. The van der Waals surface area contributed by atoms with E-state index >= 15 is 0 Å². The zero-order valence-corrected chi connectivity index (χ0v) is 19.1. The molecular formula is C21H32INO3. The number of nitrogens with zero attached hydrogens (tertiary/aromatic N) is 1. The van der Waals surface area contributed by atoms with Crippen molar-refractivity contribution in [3.05, 3.63) is 23.3 Å². The normalized spacial score (nSPS) is 20.5. The van der Waals surface area contributed by atoms with Crippen LogP contribution >= 0.6 is 0 Å². The molecule has 0 atom stereocenters.